The average molecular weight is 238 g/mol. The van der Waals surface area contributed by atoms with Crippen LogP contribution in [0.25, 0.3) is 0 Å². The molecule has 0 radical (unpaired) electrons. The van der Waals surface area contributed by atoms with Crippen molar-refractivity contribution in [1.29, 1.82) is 0 Å². The second kappa shape index (κ2) is 5.65. The number of aryl methyl sites for hydroxylation is 1. The number of nitrogens with one attached hydrogen (secondary N) is 2. The first-order valence-electron chi connectivity index (χ1n) is 6.07. The predicted octanol–water partition coefficient (Wildman–Crippen LogP) is 1.51. The minimum Gasteiger partial charge on any atom is -0.424 e. The van der Waals surface area contributed by atoms with Crippen molar-refractivity contribution < 1.29 is 9.21 Å². The fraction of sp³-hybridized carbons (Fsp3) is 0.727. The molecule has 0 spiro atoms. The summed E-state index contributed by atoms with van der Waals surface area (Å²) in [4.78, 5) is 11.6. The molecule has 1 aliphatic rings. The van der Waals surface area contributed by atoms with Crippen LogP contribution in [0, 0.1) is 6.92 Å². The third kappa shape index (κ3) is 3.72. The van der Waals surface area contributed by atoms with Gasteiger partial charge in [0, 0.05) is 13.0 Å². The summed E-state index contributed by atoms with van der Waals surface area (Å²) in [5.41, 5.74) is 0. The molecule has 2 rings (SSSR count). The zero-order chi connectivity index (χ0) is 12.1. The van der Waals surface area contributed by atoms with Crippen molar-refractivity contribution in [2.24, 2.45) is 0 Å². The van der Waals surface area contributed by atoms with Crippen molar-refractivity contribution in [1.82, 2.24) is 20.8 Å². The summed E-state index contributed by atoms with van der Waals surface area (Å²) >= 11 is 0. The molecular formula is C11H18N4O2. The van der Waals surface area contributed by atoms with Gasteiger partial charge >= 0.3 is 6.03 Å². The van der Waals surface area contributed by atoms with Crippen LogP contribution in [0.4, 0.5) is 4.79 Å². The summed E-state index contributed by atoms with van der Waals surface area (Å²) in [5.74, 6) is 0.941. The molecule has 2 amide bonds. The largest absolute Gasteiger partial charge is 0.424 e. The van der Waals surface area contributed by atoms with Crippen LogP contribution in [0.3, 0.4) is 0 Å². The molecule has 17 heavy (non-hydrogen) atoms. The molecule has 1 saturated carbocycles. The van der Waals surface area contributed by atoms with Gasteiger partial charge in [-0.25, -0.2) is 4.79 Å². The van der Waals surface area contributed by atoms with Crippen LogP contribution in [0.1, 0.15) is 43.9 Å². The second-order valence-electron chi connectivity index (χ2n) is 4.38. The highest BCUT2D eigenvalue weighted by atomic mass is 16.4. The number of carbonyl (C=O) groups is 1. The molecular weight excluding hydrogens is 220 g/mol. The van der Waals surface area contributed by atoms with E-state index in [2.05, 4.69) is 20.8 Å². The van der Waals surface area contributed by atoms with Crippen LogP contribution in [0.15, 0.2) is 4.42 Å². The van der Waals surface area contributed by atoms with Gasteiger partial charge in [-0.3, -0.25) is 0 Å². The third-order valence-corrected chi connectivity index (χ3v) is 2.91. The number of aromatic nitrogens is 2. The van der Waals surface area contributed by atoms with E-state index in [1.54, 1.807) is 6.92 Å². The molecule has 6 heteroatoms. The van der Waals surface area contributed by atoms with Crippen LogP contribution >= 0.6 is 0 Å². The molecule has 6 nitrogen and oxygen atoms in total. The Morgan fingerprint density at radius 1 is 1.35 bits per heavy atom. The summed E-state index contributed by atoms with van der Waals surface area (Å²) in [6, 6.07) is 0.154. The second-order valence-corrected chi connectivity index (χ2v) is 4.38. The standard InChI is InChI=1S/C11H18N4O2/c1-8-14-15-10(17-8)7-12-11(16)13-9-5-3-2-4-6-9/h9H,2-7H2,1H3,(H2,12,13,16). The van der Waals surface area contributed by atoms with Crippen LogP contribution < -0.4 is 10.6 Å². The number of carbonyl (C=O) groups excluding carboxylic acids is 1. The molecule has 1 aromatic heterocycles. The SMILES string of the molecule is Cc1nnc(CNC(=O)NC2CCCCC2)o1. The van der Waals surface area contributed by atoms with Crippen molar-refractivity contribution in [3.05, 3.63) is 11.8 Å². The van der Waals surface area contributed by atoms with Crippen molar-refractivity contribution in [3.63, 3.8) is 0 Å². The maximum atomic E-state index is 11.6. The van der Waals surface area contributed by atoms with E-state index >= 15 is 0 Å². The molecule has 1 fully saturated rings. The summed E-state index contributed by atoms with van der Waals surface area (Å²) in [5, 5.41) is 13.2. The van der Waals surface area contributed by atoms with E-state index in [1.165, 1.54) is 19.3 Å². The number of rotatable bonds is 3. The zero-order valence-corrected chi connectivity index (χ0v) is 10.0. The van der Waals surface area contributed by atoms with E-state index in [-0.39, 0.29) is 12.6 Å². The van der Waals surface area contributed by atoms with E-state index in [0.29, 0.717) is 17.8 Å². The molecule has 0 unspecified atom stereocenters. The van der Waals surface area contributed by atoms with Crippen LogP contribution in [0.5, 0.6) is 0 Å². The van der Waals surface area contributed by atoms with Crippen LogP contribution in [-0.4, -0.2) is 22.3 Å². The van der Waals surface area contributed by atoms with E-state index in [9.17, 15) is 4.79 Å². The molecule has 0 saturated heterocycles. The van der Waals surface area contributed by atoms with Crippen molar-refractivity contribution >= 4 is 6.03 Å². The fourth-order valence-electron chi connectivity index (χ4n) is 2.05. The highest BCUT2D eigenvalue weighted by Crippen LogP contribution is 2.17. The molecule has 0 aromatic carbocycles. The van der Waals surface area contributed by atoms with Crippen LogP contribution in [0.2, 0.25) is 0 Å². The minimum absolute atomic E-state index is 0.159. The quantitative estimate of drug-likeness (QED) is 0.836. The number of amides is 2. The molecule has 1 aliphatic carbocycles. The molecule has 2 N–H and O–H groups in total. The van der Waals surface area contributed by atoms with Gasteiger partial charge in [0.2, 0.25) is 11.8 Å². The Bertz CT molecular complexity index is 371. The predicted molar refractivity (Wildman–Crippen MR) is 61.3 cm³/mol. The van der Waals surface area contributed by atoms with E-state index in [0.717, 1.165) is 12.8 Å². The highest BCUT2D eigenvalue weighted by Gasteiger charge is 2.15. The summed E-state index contributed by atoms with van der Waals surface area (Å²) in [6.07, 6.45) is 5.84. The smallest absolute Gasteiger partial charge is 0.315 e. The maximum absolute atomic E-state index is 11.6. The van der Waals surface area contributed by atoms with Gasteiger partial charge in [0.05, 0.1) is 6.54 Å². The first-order chi connectivity index (χ1) is 8.24. The molecule has 0 atom stereocenters. The zero-order valence-electron chi connectivity index (χ0n) is 10.0. The van der Waals surface area contributed by atoms with Gasteiger partial charge in [-0.15, -0.1) is 10.2 Å². The Morgan fingerprint density at radius 2 is 2.12 bits per heavy atom. The summed E-state index contributed by atoms with van der Waals surface area (Å²) in [6.45, 7) is 2.00. The number of hydrogen-bond donors (Lipinski definition) is 2. The molecule has 1 heterocycles. The molecule has 1 aromatic rings. The van der Waals surface area contributed by atoms with Gasteiger partial charge in [0.15, 0.2) is 0 Å². The van der Waals surface area contributed by atoms with Gasteiger partial charge < -0.3 is 15.1 Å². The topological polar surface area (TPSA) is 80.0 Å². The molecule has 0 bridgehead atoms. The lowest BCUT2D eigenvalue weighted by Crippen LogP contribution is -2.42. The normalized spacial score (nSPS) is 16.8. The maximum Gasteiger partial charge on any atom is 0.315 e. The first kappa shape index (κ1) is 11.9. The van der Waals surface area contributed by atoms with E-state index < -0.39 is 0 Å². The number of urea groups is 1. The molecule has 0 aliphatic heterocycles. The lowest BCUT2D eigenvalue weighted by molar-refractivity contribution is 0.231. The van der Waals surface area contributed by atoms with E-state index in [4.69, 9.17) is 4.42 Å². The Balaban J connectivity index is 1.70. The van der Waals surface area contributed by atoms with Gasteiger partial charge in [-0.1, -0.05) is 19.3 Å². The van der Waals surface area contributed by atoms with Crippen LogP contribution in [-0.2, 0) is 6.54 Å². The van der Waals surface area contributed by atoms with Crippen molar-refractivity contribution in [2.45, 2.75) is 51.6 Å². The highest BCUT2D eigenvalue weighted by molar-refractivity contribution is 5.74. The Labute approximate surface area is 100 Å². The van der Waals surface area contributed by atoms with Crippen molar-refractivity contribution in [3.8, 4) is 0 Å². The average Bonchev–Trinajstić information content (AvgIpc) is 2.74. The lowest BCUT2D eigenvalue weighted by Gasteiger charge is -2.22. The van der Waals surface area contributed by atoms with E-state index in [1.807, 2.05) is 0 Å². The Hall–Kier alpha value is -1.59. The van der Waals surface area contributed by atoms with Gasteiger partial charge in [0.1, 0.15) is 0 Å². The lowest BCUT2D eigenvalue weighted by atomic mass is 9.96. The summed E-state index contributed by atoms with van der Waals surface area (Å²) in [7, 11) is 0. The Kier molecular flexibility index (Phi) is 3.95. The van der Waals surface area contributed by atoms with Gasteiger partial charge in [-0.2, -0.15) is 0 Å². The number of hydrogen-bond acceptors (Lipinski definition) is 4. The van der Waals surface area contributed by atoms with Gasteiger partial charge in [0.25, 0.3) is 0 Å². The third-order valence-electron chi connectivity index (χ3n) is 2.91. The Morgan fingerprint density at radius 3 is 2.76 bits per heavy atom. The van der Waals surface area contributed by atoms with Crippen molar-refractivity contribution in [2.75, 3.05) is 0 Å². The fourth-order valence-corrected chi connectivity index (χ4v) is 2.05. The van der Waals surface area contributed by atoms with Gasteiger partial charge in [-0.05, 0) is 12.8 Å². The first-order valence-corrected chi connectivity index (χ1v) is 6.07. The minimum atomic E-state index is -0.159. The number of nitrogens with zero attached hydrogens (tertiary/aromatic N) is 2. The monoisotopic (exact) mass is 238 g/mol. The summed E-state index contributed by atoms with van der Waals surface area (Å²) < 4.78 is 5.16. The molecule has 94 valence electrons.